The highest BCUT2D eigenvalue weighted by atomic mass is 35.5. The van der Waals surface area contributed by atoms with Gasteiger partial charge in [-0.25, -0.2) is 4.79 Å². The second kappa shape index (κ2) is 6.36. The minimum Gasteiger partial charge on any atom is -0.481 e. The van der Waals surface area contributed by atoms with Crippen molar-refractivity contribution in [1.82, 2.24) is 15.2 Å². The summed E-state index contributed by atoms with van der Waals surface area (Å²) in [5.41, 5.74) is 1.26. The highest BCUT2D eigenvalue weighted by Crippen LogP contribution is 2.30. The molecule has 3 rings (SSSR count). The number of nitrogens with zero attached hydrogens (tertiary/aromatic N) is 1. The predicted molar refractivity (Wildman–Crippen MR) is 92.3 cm³/mol. The Balaban J connectivity index is 1.55. The van der Waals surface area contributed by atoms with E-state index in [-0.39, 0.29) is 12.6 Å². The fourth-order valence-electron chi connectivity index (χ4n) is 3.08. The third-order valence-corrected chi connectivity index (χ3v) is 4.91. The maximum Gasteiger partial charge on any atom is 0.317 e. The van der Waals surface area contributed by atoms with E-state index in [1.807, 2.05) is 24.4 Å². The second-order valence-electron chi connectivity index (χ2n) is 6.52. The van der Waals surface area contributed by atoms with Crippen molar-refractivity contribution in [3.63, 3.8) is 0 Å². The van der Waals surface area contributed by atoms with Crippen LogP contribution in [0.15, 0.2) is 24.4 Å². The molecule has 24 heavy (non-hydrogen) atoms. The van der Waals surface area contributed by atoms with Crippen LogP contribution in [0.1, 0.15) is 18.9 Å². The highest BCUT2D eigenvalue weighted by molar-refractivity contribution is 6.31. The van der Waals surface area contributed by atoms with Gasteiger partial charge in [-0.15, -0.1) is 0 Å². The topological polar surface area (TPSA) is 85.4 Å². The molecule has 0 saturated carbocycles. The molecule has 1 aliphatic heterocycles. The lowest BCUT2D eigenvalue weighted by Crippen LogP contribution is -2.41. The van der Waals surface area contributed by atoms with Crippen molar-refractivity contribution in [3.8, 4) is 0 Å². The summed E-state index contributed by atoms with van der Waals surface area (Å²) in [5.74, 6) is -0.853. The van der Waals surface area contributed by atoms with Crippen LogP contribution in [0.5, 0.6) is 0 Å². The molecular formula is C17H20ClN3O3. The average molecular weight is 350 g/mol. The molecule has 1 aromatic heterocycles. The minimum atomic E-state index is -0.853. The number of fused-ring (bicyclic) bond motifs is 1. The standard InChI is InChI=1S/C17H20ClN3O3/c1-17(15(22)23)5-7-21(10-17)16(24)19-6-4-11-9-20-14-3-2-12(18)8-13(11)14/h2-3,8-9,20H,4-7,10H2,1H3,(H,19,24)(H,22,23). The molecule has 128 valence electrons. The predicted octanol–water partition coefficient (Wildman–Crippen LogP) is 2.87. The van der Waals surface area contributed by atoms with Gasteiger partial charge in [-0.2, -0.15) is 0 Å². The van der Waals surface area contributed by atoms with Crippen LogP contribution < -0.4 is 5.32 Å². The first-order valence-corrected chi connectivity index (χ1v) is 8.28. The number of carboxylic acids is 1. The number of urea groups is 1. The van der Waals surface area contributed by atoms with Crippen LogP contribution in [0.3, 0.4) is 0 Å². The molecule has 3 N–H and O–H groups in total. The molecule has 1 saturated heterocycles. The van der Waals surface area contributed by atoms with Crippen molar-refractivity contribution in [2.24, 2.45) is 5.41 Å². The Morgan fingerprint density at radius 1 is 1.46 bits per heavy atom. The van der Waals surface area contributed by atoms with Gasteiger partial charge in [0, 0.05) is 41.8 Å². The molecule has 2 heterocycles. The number of aromatic nitrogens is 1. The van der Waals surface area contributed by atoms with Gasteiger partial charge in [-0.1, -0.05) is 11.6 Å². The van der Waals surface area contributed by atoms with Crippen molar-refractivity contribution in [2.45, 2.75) is 19.8 Å². The first-order chi connectivity index (χ1) is 11.4. The average Bonchev–Trinajstić information content (AvgIpc) is 3.12. The molecule has 1 aromatic carbocycles. The summed E-state index contributed by atoms with van der Waals surface area (Å²) in [6.45, 7) is 2.88. The zero-order chi connectivity index (χ0) is 17.3. The number of amides is 2. The largest absolute Gasteiger partial charge is 0.481 e. The lowest BCUT2D eigenvalue weighted by Gasteiger charge is -2.20. The van der Waals surface area contributed by atoms with E-state index in [2.05, 4.69) is 10.3 Å². The smallest absolute Gasteiger partial charge is 0.317 e. The lowest BCUT2D eigenvalue weighted by atomic mass is 9.90. The number of hydrogen-bond acceptors (Lipinski definition) is 2. The van der Waals surface area contributed by atoms with Crippen LogP contribution in [0.2, 0.25) is 5.02 Å². The van der Waals surface area contributed by atoms with Gasteiger partial charge in [0.15, 0.2) is 0 Å². The van der Waals surface area contributed by atoms with Gasteiger partial charge in [0.25, 0.3) is 0 Å². The molecule has 1 unspecified atom stereocenters. The zero-order valence-corrected chi connectivity index (χ0v) is 14.2. The SMILES string of the molecule is CC1(C(=O)O)CCN(C(=O)NCCc2c[nH]c3ccc(Cl)cc23)C1. The summed E-state index contributed by atoms with van der Waals surface area (Å²) in [6, 6.07) is 5.46. The Morgan fingerprint density at radius 3 is 2.96 bits per heavy atom. The number of halogens is 1. The molecule has 2 amide bonds. The van der Waals surface area contributed by atoms with Gasteiger partial charge < -0.3 is 20.3 Å². The number of hydrogen-bond donors (Lipinski definition) is 3. The fraction of sp³-hybridized carbons (Fsp3) is 0.412. The van der Waals surface area contributed by atoms with E-state index in [9.17, 15) is 14.7 Å². The van der Waals surface area contributed by atoms with E-state index >= 15 is 0 Å². The van der Waals surface area contributed by atoms with Crippen LogP contribution in [0.4, 0.5) is 4.79 Å². The maximum absolute atomic E-state index is 12.2. The van der Waals surface area contributed by atoms with E-state index in [4.69, 9.17) is 11.6 Å². The third kappa shape index (κ3) is 3.19. The third-order valence-electron chi connectivity index (χ3n) is 4.68. The Kier molecular flexibility index (Phi) is 4.41. The number of carbonyl (C=O) groups is 2. The molecule has 0 bridgehead atoms. The molecule has 0 radical (unpaired) electrons. The Labute approximate surface area is 144 Å². The summed E-state index contributed by atoms with van der Waals surface area (Å²) in [5, 5.41) is 13.8. The normalized spacial score (nSPS) is 20.5. The maximum atomic E-state index is 12.2. The van der Waals surface area contributed by atoms with E-state index < -0.39 is 11.4 Å². The van der Waals surface area contributed by atoms with Gasteiger partial charge >= 0.3 is 12.0 Å². The van der Waals surface area contributed by atoms with E-state index in [1.165, 1.54) is 0 Å². The van der Waals surface area contributed by atoms with Crippen molar-refractivity contribution in [3.05, 3.63) is 35.0 Å². The molecule has 0 spiro atoms. The molecule has 7 heteroatoms. The molecular weight excluding hydrogens is 330 g/mol. The van der Waals surface area contributed by atoms with Crippen LogP contribution in [0.25, 0.3) is 10.9 Å². The van der Waals surface area contributed by atoms with Crippen LogP contribution >= 0.6 is 11.6 Å². The number of nitrogens with one attached hydrogen (secondary N) is 2. The Hall–Kier alpha value is -2.21. The summed E-state index contributed by atoms with van der Waals surface area (Å²) < 4.78 is 0. The Bertz CT molecular complexity index is 788. The summed E-state index contributed by atoms with van der Waals surface area (Å²) in [4.78, 5) is 28.2. The van der Waals surface area contributed by atoms with Gasteiger partial charge in [0.05, 0.1) is 5.41 Å². The number of carboxylic acid groups (broad SMARTS) is 1. The lowest BCUT2D eigenvalue weighted by molar-refractivity contribution is -0.146. The number of aliphatic carboxylic acids is 1. The number of rotatable bonds is 4. The summed E-state index contributed by atoms with van der Waals surface area (Å²) in [6.07, 6.45) is 3.08. The van der Waals surface area contributed by atoms with Gasteiger partial charge in [0.2, 0.25) is 0 Å². The van der Waals surface area contributed by atoms with Crippen molar-refractivity contribution in [2.75, 3.05) is 19.6 Å². The van der Waals surface area contributed by atoms with Crippen LogP contribution in [-0.2, 0) is 11.2 Å². The summed E-state index contributed by atoms with van der Waals surface area (Å²) in [7, 11) is 0. The molecule has 1 fully saturated rings. The molecule has 1 aliphatic rings. The van der Waals surface area contributed by atoms with Crippen molar-refractivity contribution >= 4 is 34.5 Å². The van der Waals surface area contributed by atoms with Crippen LogP contribution in [-0.4, -0.2) is 46.6 Å². The molecule has 0 aliphatic carbocycles. The second-order valence-corrected chi connectivity index (χ2v) is 6.96. The number of likely N-dealkylation sites (tertiary alicyclic amines) is 1. The quantitative estimate of drug-likeness (QED) is 0.793. The van der Waals surface area contributed by atoms with Crippen molar-refractivity contribution < 1.29 is 14.7 Å². The van der Waals surface area contributed by atoms with Crippen molar-refractivity contribution in [1.29, 1.82) is 0 Å². The van der Waals surface area contributed by atoms with Gasteiger partial charge in [-0.3, -0.25) is 4.79 Å². The van der Waals surface area contributed by atoms with Gasteiger partial charge in [-0.05, 0) is 43.5 Å². The van der Waals surface area contributed by atoms with Crippen LogP contribution in [0, 0.1) is 5.41 Å². The number of carbonyl (C=O) groups excluding carboxylic acids is 1. The number of H-pyrrole nitrogens is 1. The first kappa shape index (κ1) is 16.6. The number of aromatic amines is 1. The number of benzene rings is 1. The first-order valence-electron chi connectivity index (χ1n) is 7.91. The molecule has 6 nitrogen and oxygen atoms in total. The fourth-order valence-corrected chi connectivity index (χ4v) is 3.25. The van der Waals surface area contributed by atoms with Gasteiger partial charge in [0.1, 0.15) is 0 Å². The summed E-state index contributed by atoms with van der Waals surface area (Å²) >= 11 is 6.03. The minimum absolute atomic E-state index is 0.210. The molecule has 2 aromatic rings. The van der Waals surface area contributed by atoms with E-state index in [0.717, 1.165) is 16.5 Å². The monoisotopic (exact) mass is 349 g/mol. The zero-order valence-electron chi connectivity index (χ0n) is 13.4. The molecule has 1 atom stereocenters. The van der Waals surface area contributed by atoms with E-state index in [1.54, 1.807) is 11.8 Å². The van der Waals surface area contributed by atoms with E-state index in [0.29, 0.717) is 31.0 Å². The Morgan fingerprint density at radius 2 is 2.25 bits per heavy atom. The highest BCUT2D eigenvalue weighted by Gasteiger charge is 2.42.